The third-order valence-corrected chi connectivity index (χ3v) is 6.30. The number of rotatable bonds is 6. The maximum atomic E-state index is 10.8. The van der Waals surface area contributed by atoms with Crippen LogP contribution in [0.5, 0.6) is 5.75 Å². The Morgan fingerprint density at radius 2 is 1.71 bits per heavy atom. The predicted molar refractivity (Wildman–Crippen MR) is 135 cm³/mol. The lowest BCUT2D eigenvalue weighted by molar-refractivity contribution is 0.214. The van der Waals surface area contributed by atoms with Crippen molar-refractivity contribution in [3.8, 4) is 5.75 Å². The maximum Gasteiger partial charge on any atom is 0.123 e. The Bertz CT molecular complexity index is 1210. The van der Waals surface area contributed by atoms with Crippen molar-refractivity contribution in [1.82, 2.24) is 9.88 Å². The van der Waals surface area contributed by atoms with Gasteiger partial charge in [0.25, 0.3) is 0 Å². The van der Waals surface area contributed by atoms with Crippen LogP contribution in [0.2, 0.25) is 0 Å². The third-order valence-electron chi connectivity index (χ3n) is 6.30. The monoisotopic (exact) mass is 451 g/mol. The molecule has 34 heavy (non-hydrogen) atoms. The minimum Gasteiger partial charge on any atom is -0.492 e. The van der Waals surface area contributed by atoms with Crippen LogP contribution in [0.1, 0.15) is 28.5 Å². The first-order chi connectivity index (χ1) is 16.7. The summed E-state index contributed by atoms with van der Waals surface area (Å²) in [6.07, 6.45) is 0.952. The van der Waals surface area contributed by atoms with Gasteiger partial charge in [-0.1, -0.05) is 42.5 Å². The zero-order chi connectivity index (χ0) is 23.3. The molecule has 3 aromatic carbocycles. The fourth-order valence-corrected chi connectivity index (χ4v) is 4.37. The largest absolute Gasteiger partial charge is 0.492 e. The second-order valence-electron chi connectivity index (χ2n) is 8.64. The van der Waals surface area contributed by atoms with Crippen molar-refractivity contribution in [3.63, 3.8) is 0 Å². The third kappa shape index (κ3) is 4.96. The molecule has 5 heteroatoms. The summed E-state index contributed by atoms with van der Waals surface area (Å²) in [5, 5.41) is 10.8. The van der Waals surface area contributed by atoms with Crippen molar-refractivity contribution < 1.29 is 9.84 Å². The van der Waals surface area contributed by atoms with Gasteiger partial charge in [0, 0.05) is 49.8 Å². The molecule has 2 heterocycles. The zero-order valence-electron chi connectivity index (χ0n) is 19.3. The average molecular weight is 452 g/mol. The minimum absolute atomic E-state index is 0.643. The summed E-state index contributed by atoms with van der Waals surface area (Å²) >= 11 is 0. The number of hydrogen-bond acceptors (Lipinski definition) is 5. The number of aromatic nitrogens is 1. The highest BCUT2D eigenvalue weighted by Gasteiger charge is 2.19. The minimum atomic E-state index is -0.752. The van der Waals surface area contributed by atoms with Crippen molar-refractivity contribution in [3.05, 3.63) is 120 Å². The number of benzene rings is 3. The van der Waals surface area contributed by atoms with E-state index < -0.39 is 6.10 Å². The van der Waals surface area contributed by atoms with Gasteiger partial charge in [0.05, 0.1) is 5.69 Å². The summed E-state index contributed by atoms with van der Waals surface area (Å²) in [6.45, 7) is 3.09. The first kappa shape index (κ1) is 22.1. The van der Waals surface area contributed by atoms with Crippen LogP contribution in [0.15, 0.2) is 97.2 Å². The van der Waals surface area contributed by atoms with Gasteiger partial charge in [0.15, 0.2) is 0 Å². The van der Waals surface area contributed by atoms with E-state index in [1.807, 2.05) is 42.5 Å². The van der Waals surface area contributed by atoms with Crippen molar-refractivity contribution in [2.45, 2.75) is 19.2 Å². The highest BCUT2D eigenvalue weighted by Crippen LogP contribution is 2.30. The molecule has 0 saturated carbocycles. The summed E-state index contributed by atoms with van der Waals surface area (Å²) in [6, 6.07) is 30.6. The Kier molecular flexibility index (Phi) is 6.56. The molecule has 1 aliphatic rings. The molecule has 0 spiro atoms. The van der Waals surface area contributed by atoms with E-state index in [4.69, 9.17) is 4.74 Å². The van der Waals surface area contributed by atoms with E-state index in [9.17, 15) is 5.11 Å². The fraction of sp³-hybridized carbons (Fsp3) is 0.207. The molecule has 4 aromatic rings. The van der Waals surface area contributed by atoms with E-state index in [1.54, 1.807) is 6.20 Å². The van der Waals surface area contributed by atoms with Crippen LogP contribution in [-0.2, 0) is 13.1 Å². The molecule has 1 aromatic heterocycles. The molecule has 0 unspecified atom stereocenters. The number of nitrogens with zero attached hydrogens (tertiary/aromatic N) is 3. The van der Waals surface area contributed by atoms with E-state index in [2.05, 4.69) is 70.4 Å². The Morgan fingerprint density at radius 1 is 0.941 bits per heavy atom. The molecule has 1 N–H and O–H groups in total. The van der Waals surface area contributed by atoms with Crippen LogP contribution >= 0.6 is 0 Å². The van der Waals surface area contributed by atoms with Gasteiger partial charge in [-0.3, -0.25) is 9.88 Å². The van der Waals surface area contributed by atoms with Gasteiger partial charge in [-0.25, -0.2) is 0 Å². The molecule has 5 nitrogen and oxygen atoms in total. The zero-order valence-corrected chi connectivity index (χ0v) is 19.3. The van der Waals surface area contributed by atoms with Crippen LogP contribution in [0, 0.1) is 0 Å². The summed E-state index contributed by atoms with van der Waals surface area (Å²) in [5.74, 6) is 0.888. The number of aliphatic hydroxyl groups is 1. The Labute approximate surface area is 200 Å². The van der Waals surface area contributed by atoms with E-state index in [0.717, 1.165) is 42.2 Å². The van der Waals surface area contributed by atoms with Gasteiger partial charge < -0.3 is 14.7 Å². The lowest BCUT2D eigenvalue weighted by Crippen LogP contribution is -2.25. The van der Waals surface area contributed by atoms with Crippen LogP contribution in [0.4, 0.5) is 11.4 Å². The van der Waals surface area contributed by atoms with Crippen molar-refractivity contribution in [2.75, 3.05) is 25.1 Å². The second-order valence-corrected chi connectivity index (χ2v) is 8.64. The predicted octanol–water partition coefficient (Wildman–Crippen LogP) is 5.33. The van der Waals surface area contributed by atoms with Gasteiger partial charge in [-0.2, -0.15) is 0 Å². The SMILES string of the molecule is CN(c1ccccc1)c1ccc(CN2CCOc3ccc([C@@H](O)c4ccccn4)cc3C2)cc1. The molecule has 0 bridgehead atoms. The number of fused-ring (bicyclic) bond motifs is 1. The summed E-state index contributed by atoms with van der Waals surface area (Å²) in [7, 11) is 2.09. The Hall–Kier alpha value is -3.67. The van der Waals surface area contributed by atoms with Crippen molar-refractivity contribution in [1.29, 1.82) is 0 Å². The van der Waals surface area contributed by atoms with Crippen LogP contribution in [0.25, 0.3) is 0 Å². The summed E-state index contributed by atoms with van der Waals surface area (Å²) in [5.41, 5.74) is 6.15. The van der Waals surface area contributed by atoms with Crippen molar-refractivity contribution >= 4 is 11.4 Å². The maximum absolute atomic E-state index is 10.8. The van der Waals surface area contributed by atoms with E-state index in [1.165, 1.54) is 11.3 Å². The van der Waals surface area contributed by atoms with Gasteiger partial charge in [0.1, 0.15) is 18.5 Å². The molecule has 0 amide bonds. The van der Waals surface area contributed by atoms with Crippen LogP contribution in [-0.4, -0.2) is 35.2 Å². The van der Waals surface area contributed by atoms with Crippen LogP contribution < -0.4 is 9.64 Å². The molecule has 172 valence electrons. The summed E-state index contributed by atoms with van der Waals surface area (Å²) < 4.78 is 6.01. The Balaban J connectivity index is 1.29. The average Bonchev–Trinajstić information content (AvgIpc) is 3.10. The molecule has 1 aliphatic heterocycles. The fourth-order valence-electron chi connectivity index (χ4n) is 4.37. The number of para-hydroxylation sites is 1. The standard InChI is InChI=1S/C29H29N3O2/c1-31(25-7-3-2-4-8-25)26-13-10-22(11-14-26)20-32-17-18-34-28-15-12-23(19-24(28)21-32)29(33)27-9-5-6-16-30-27/h2-16,19,29,33H,17-18,20-21H2,1H3/t29-/m1/s1. The van der Waals surface area contributed by atoms with Gasteiger partial charge >= 0.3 is 0 Å². The molecule has 0 radical (unpaired) electrons. The lowest BCUT2D eigenvalue weighted by atomic mass is 10.0. The van der Waals surface area contributed by atoms with E-state index in [0.29, 0.717) is 12.3 Å². The highest BCUT2D eigenvalue weighted by molar-refractivity contribution is 5.62. The molecule has 1 atom stereocenters. The molecular weight excluding hydrogens is 422 g/mol. The Morgan fingerprint density at radius 3 is 2.47 bits per heavy atom. The first-order valence-corrected chi connectivity index (χ1v) is 11.6. The molecule has 0 aliphatic carbocycles. The summed E-state index contributed by atoms with van der Waals surface area (Å²) in [4.78, 5) is 8.88. The quantitative estimate of drug-likeness (QED) is 0.430. The second kappa shape index (κ2) is 10.1. The number of aliphatic hydroxyl groups excluding tert-OH is 1. The number of hydrogen-bond donors (Lipinski definition) is 1. The van der Waals surface area contributed by atoms with Gasteiger partial charge in [-0.05, 0) is 59.7 Å². The molecule has 0 saturated heterocycles. The normalized spacial score (nSPS) is 14.5. The number of ether oxygens (including phenoxy) is 1. The van der Waals surface area contributed by atoms with E-state index in [-0.39, 0.29) is 0 Å². The van der Waals surface area contributed by atoms with E-state index >= 15 is 0 Å². The molecule has 0 fully saturated rings. The van der Waals surface area contributed by atoms with Crippen molar-refractivity contribution in [2.24, 2.45) is 0 Å². The highest BCUT2D eigenvalue weighted by atomic mass is 16.5. The molecular formula is C29H29N3O2. The number of pyridine rings is 1. The number of anilines is 2. The smallest absolute Gasteiger partial charge is 0.123 e. The lowest BCUT2D eigenvalue weighted by Gasteiger charge is -2.22. The van der Waals surface area contributed by atoms with Gasteiger partial charge in [0.2, 0.25) is 0 Å². The van der Waals surface area contributed by atoms with Gasteiger partial charge in [-0.15, -0.1) is 0 Å². The molecule has 5 rings (SSSR count). The first-order valence-electron chi connectivity index (χ1n) is 11.6. The van der Waals surface area contributed by atoms with Crippen LogP contribution in [0.3, 0.4) is 0 Å². The topological polar surface area (TPSA) is 48.8 Å².